The summed E-state index contributed by atoms with van der Waals surface area (Å²) in [5, 5.41) is 20.0. The molecule has 0 heterocycles. The largest absolute Gasteiger partial charge is 0.480 e. The topological polar surface area (TPSA) is 124 Å². The van der Waals surface area contributed by atoms with Gasteiger partial charge >= 0.3 is 5.97 Å². The van der Waals surface area contributed by atoms with Crippen LogP contribution < -0.4 is 5.32 Å². The number of benzene rings is 1. The van der Waals surface area contributed by atoms with Gasteiger partial charge in [-0.3, -0.25) is 19.2 Å². The molecule has 0 fully saturated rings. The molecule has 23 heavy (non-hydrogen) atoms. The zero-order chi connectivity index (χ0) is 17.4. The molecule has 2 N–H and O–H groups in total. The summed E-state index contributed by atoms with van der Waals surface area (Å²) >= 11 is 3.22. The Morgan fingerprint density at radius 2 is 2.09 bits per heavy atom. The van der Waals surface area contributed by atoms with Crippen molar-refractivity contribution in [2.24, 2.45) is 5.92 Å². The number of carboxylic acid groups (broad SMARTS) is 1. The first kappa shape index (κ1) is 16.8. The normalized spacial score (nSPS) is 22.9. The zero-order valence-corrected chi connectivity index (χ0v) is 13.5. The highest BCUT2D eigenvalue weighted by atomic mass is 79.9. The van der Waals surface area contributed by atoms with Gasteiger partial charge in [0.2, 0.25) is 5.91 Å². The maximum absolute atomic E-state index is 12.6. The van der Waals surface area contributed by atoms with E-state index in [1.54, 1.807) is 6.07 Å². The first-order valence-electron chi connectivity index (χ1n) is 6.51. The van der Waals surface area contributed by atoms with E-state index >= 15 is 0 Å². The van der Waals surface area contributed by atoms with E-state index in [4.69, 9.17) is 5.11 Å². The highest BCUT2D eigenvalue weighted by Crippen LogP contribution is 2.38. The Kier molecular flexibility index (Phi) is 4.34. The first-order chi connectivity index (χ1) is 10.7. The van der Waals surface area contributed by atoms with Crippen LogP contribution in [0.2, 0.25) is 0 Å². The number of Topliss-reactive ketones (excluding diaryl/α,β-unsaturated/α-hetero) is 2. The van der Waals surface area contributed by atoms with Gasteiger partial charge in [0.15, 0.2) is 17.5 Å². The van der Waals surface area contributed by atoms with E-state index in [0.717, 1.165) is 0 Å². The number of rotatable bonds is 3. The minimum atomic E-state index is -1.73. The van der Waals surface area contributed by atoms with E-state index in [1.807, 2.05) is 11.4 Å². The summed E-state index contributed by atoms with van der Waals surface area (Å²) in [5.41, 5.74) is -1.34. The average molecular weight is 379 g/mol. The molecule has 8 heteroatoms. The lowest BCUT2D eigenvalue weighted by atomic mass is 9.66. The van der Waals surface area contributed by atoms with E-state index < -0.39 is 41.3 Å². The molecule has 0 aromatic heterocycles. The number of carboxylic acids is 1. The van der Waals surface area contributed by atoms with Crippen LogP contribution in [0.5, 0.6) is 0 Å². The Morgan fingerprint density at radius 3 is 2.65 bits per heavy atom. The summed E-state index contributed by atoms with van der Waals surface area (Å²) in [5.74, 6) is -5.65. The molecule has 2 rings (SSSR count). The third kappa shape index (κ3) is 2.75. The average Bonchev–Trinajstić information content (AvgIpc) is 2.50. The van der Waals surface area contributed by atoms with Crippen LogP contribution in [0.25, 0.3) is 0 Å². The maximum Gasteiger partial charge on any atom is 0.322 e. The summed E-state index contributed by atoms with van der Waals surface area (Å²) in [7, 11) is 0. The number of fused-ring (bicyclic) bond motifs is 1. The molecule has 1 aromatic rings. The third-order valence-corrected chi connectivity index (χ3v) is 4.20. The standard InChI is InChI=1S/C15H11BrN2O5/c1-15(6-17)9-4-7(16)2-3-8(9)12(21)11(13(15)22)14(23)18-5-10(19)20/h2-4,11H,5H2,1H3,(H,18,23)(H,19,20)/t11?,15-/m1/s1. The minimum absolute atomic E-state index is 0.104. The molecule has 118 valence electrons. The van der Waals surface area contributed by atoms with Crippen LogP contribution in [0.1, 0.15) is 22.8 Å². The number of amides is 1. The Morgan fingerprint density at radius 1 is 1.43 bits per heavy atom. The number of hydrogen-bond donors (Lipinski definition) is 2. The summed E-state index contributed by atoms with van der Waals surface area (Å²) < 4.78 is 0.590. The van der Waals surface area contributed by atoms with Crippen molar-refractivity contribution in [2.75, 3.05) is 6.54 Å². The number of carbonyl (C=O) groups is 4. The molecule has 0 saturated carbocycles. The predicted octanol–water partition coefficient (Wildman–Crippen LogP) is 0.813. The fourth-order valence-corrected chi connectivity index (χ4v) is 2.82. The highest BCUT2D eigenvalue weighted by Gasteiger charge is 2.52. The second-order valence-electron chi connectivity index (χ2n) is 5.20. The molecule has 0 radical (unpaired) electrons. The summed E-state index contributed by atoms with van der Waals surface area (Å²) in [4.78, 5) is 47.7. The number of nitrogens with one attached hydrogen (secondary N) is 1. The van der Waals surface area contributed by atoms with Crippen molar-refractivity contribution in [3.05, 3.63) is 33.8 Å². The van der Waals surface area contributed by atoms with Gasteiger partial charge in [-0.2, -0.15) is 5.26 Å². The lowest BCUT2D eigenvalue weighted by Gasteiger charge is -2.32. The molecule has 0 aliphatic heterocycles. The maximum atomic E-state index is 12.6. The van der Waals surface area contributed by atoms with E-state index in [0.29, 0.717) is 4.47 Å². The monoisotopic (exact) mass is 378 g/mol. The van der Waals surface area contributed by atoms with Crippen molar-refractivity contribution in [3.8, 4) is 6.07 Å². The number of ketones is 2. The molecule has 2 atom stereocenters. The molecule has 1 aliphatic carbocycles. The second kappa shape index (κ2) is 5.93. The number of nitrogens with zero attached hydrogens (tertiary/aromatic N) is 1. The molecule has 1 aromatic carbocycles. The minimum Gasteiger partial charge on any atom is -0.480 e. The molecule has 1 aliphatic rings. The van der Waals surface area contributed by atoms with Crippen LogP contribution in [0, 0.1) is 17.2 Å². The molecular formula is C15H11BrN2O5. The Hall–Kier alpha value is -2.53. The molecule has 0 saturated heterocycles. The number of carbonyl (C=O) groups excluding carboxylic acids is 3. The highest BCUT2D eigenvalue weighted by molar-refractivity contribution is 9.10. The zero-order valence-electron chi connectivity index (χ0n) is 11.9. The number of halogens is 1. The van der Waals surface area contributed by atoms with Crippen LogP contribution in [-0.4, -0.2) is 35.1 Å². The van der Waals surface area contributed by atoms with E-state index in [-0.39, 0.29) is 11.1 Å². The van der Waals surface area contributed by atoms with Gasteiger partial charge in [-0.1, -0.05) is 15.9 Å². The van der Waals surface area contributed by atoms with Gasteiger partial charge in [0, 0.05) is 10.0 Å². The Bertz CT molecular complexity index is 783. The van der Waals surface area contributed by atoms with Crippen LogP contribution in [0.4, 0.5) is 0 Å². The van der Waals surface area contributed by atoms with Crippen molar-refractivity contribution in [2.45, 2.75) is 12.3 Å². The molecule has 0 spiro atoms. The fraction of sp³-hybridized carbons (Fsp3) is 0.267. The van der Waals surface area contributed by atoms with E-state index in [1.165, 1.54) is 19.1 Å². The van der Waals surface area contributed by atoms with Crippen LogP contribution in [-0.2, 0) is 19.8 Å². The number of nitriles is 1. The molecule has 1 amide bonds. The van der Waals surface area contributed by atoms with E-state index in [9.17, 15) is 24.4 Å². The third-order valence-electron chi connectivity index (χ3n) is 3.70. The summed E-state index contributed by atoms with van der Waals surface area (Å²) in [6.45, 7) is 0.622. The van der Waals surface area contributed by atoms with Gasteiger partial charge in [0.05, 0.1) is 6.07 Å². The van der Waals surface area contributed by atoms with Gasteiger partial charge in [-0.25, -0.2) is 0 Å². The first-order valence-corrected chi connectivity index (χ1v) is 7.31. The van der Waals surface area contributed by atoms with Crippen LogP contribution in [0.3, 0.4) is 0 Å². The van der Waals surface area contributed by atoms with Crippen molar-refractivity contribution in [1.29, 1.82) is 5.26 Å². The summed E-state index contributed by atoms with van der Waals surface area (Å²) in [6.07, 6.45) is 0. The molecule has 7 nitrogen and oxygen atoms in total. The Balaban J connectivity index is 2.53. The fourth-order valence-electron chi connectivity index (χ4n) is 2.46. The van der Waals surface area contributed by atoms with Gasteiger partial charge < -0.3 is 10.4 Å². The van der Waals surface area contributed by atoms with Crippen molar-refractivity contribution in [3.63, 3.8) is 0 Å². The number of aliphatic carboxylic acids is 1. The van der Waals surface area contributed by atoms with Gasteiger partial charge in [0.25, 0.3) is 0 Å². The van der Waals surface area contributed by atoms with Crippen molar-refractivity contribution >= 4 is 39.4 Å². The summed E-state index contributed by atoms with van der Waals surface area (Å²) in [6, 6.07) is 6.36. The lowest BCUT2D eigenvalue weighted by Crippen LogP contribution is -2.52. The Labute approximate surface area is 139 Å². The van der Waals surface area contributed by atoms with Gasteiger partial charge in [-0.05, 0) is 30.7 Å². The predicted molar refractivity (Wildman–Crippen MR) is 80.6 cm³/mol. The lowest BCUT2D eigenvalue weighted by molar-refractivity contribution is -0.140. The van der Waals surface area contributed by atoms with Crippen LogP contribution in [0.15, 0.2) is 22.7 Å². The molecule has 1 unspecified atom stereocenters. The smallest absolute Gasteiger partial charge is 0.322 e. The second-order valence-corrected chi connectivity index (χ2v) is 6.12. The van der Waals surface area contributed by atoms with Gasteiger partial charge in [-0.15, -0.1) is 0 Å². The van der Waals surface area contributed by atoms with Crippen molar-refractivity contribution in [1.82, 2.24) is 5.32 Å². The SMILES string of the molecule is C[C@]1(C#N)C(=O)C(C(=O)NCC(=O)O)C(=O)c2ccc(Br)cc21. The van der Waals surface area contributed by atoms with E-state index in [2.05, 4.69) is 15.9 Å². The van der Waals surface area contributed by atoms with Crippen LogP contribution >= 0.6 is 15.9 Å². The number of hydrogen-bond acceptors (Lipinski definition) is 5. The van der Waals surface area contributed by atoms with Gasteiger partial charge in [0.1, 0.15) is 12.0 Å². The molecular weight excluding hydrogens is 368 g/mol. The van der Waals surface area contributed by atoms with Crippen molar-refractivity contribution < 1.29 is 24.3 Å². The molecule has 0 bridgehead atoms. The quantitative estimate of drug-likeness (QED) is 0.749.